The van der Waals surface area contributed by atoms with Gasteiger partial charge in [0.25, 0.3) is 0 Å². The van der Waals surface area contributed by atoms with Gasteiger partial charge in [0.15, 0.2) is 0 Å². The Kier molecular flexibility index (Phi) is 4.09. The van der Waals surface area contributed by atoms with Crippen LogP contribution in [0.25, 0.3) is 0 Å². The van der Waals surface area contributed by atoms with Crippen molar-refractivity contribution in [2.45, 2.75) is 51.6 Å². The molecule has 0 aromatic carbocycles. The summed E-state index contributed by atoms with van der Waals surface area (Å²) in [6, 6.07) is 4.17. The molecule has 1 aromatic heterocycles. The molecule has 6 nitrogen and oxygen atoms in total. The Labute approximate surface area is 130 Å². The minimum atomic E-state index is -0.153. The summed E-state index contributed by atoms with van der Waals surface area (Å²) in [6.45, 7) is 4.53. The molecule has 2 fully saturated rings. The monoisotopic (exact) mass is 305 g/mol. The van der Waals surface area contributed by atoms with Crippen LogP contribution in [0.2, 0.25) is 0 Å². The van der Waals surface area contributed by atoms with E-state index in [4.69, 9.17) is 4.42 Å². The number of amides is 3. The van der Waals surface area contributed by atoms with Gasteiger partial charge in [0.05, 0.1) is 6.67 Å². The fourth-order valence-corrected chi connectivity index (χ4v) is 2.76. The summed E-state index contributed by atoms with van der Waals surface area (Å²) < 4.78 is 5.53. The molecule has 0 bridgehead atoms. The molecular weight excluding hydrogens is 282 g/mol. The molecule has 1 saturated carbocycles. The number of carbonyl (C=O) groups is 2. The molecule has 1 aromatic rings. The molecule has 22 heavy (non-hydrogen) atoms. The molecule has 1 aliphatic heterocycles. The molecule has 6 heteroatoms. The van der Waals surface area contributed by atoms with E-state index in [1.54, 1.807) is 4.90 Å². The van der Waals surface area contributed by atoms with Crippen LogP contribution in [0.4, 0.5) is 4.79 Å². The third-order valence-corrected chi connectivity index (χ3v) is 4.23. The Bertz CT molecular complexity index is 565. The van der Waals surface area contributed by atoms with Crippen LogP contribution in [0.1, 0.15) is 37.7 Å². The molecule has 2 aliphatic rings. The lowest BCUT2D eigenvalue weighted by molar-refractivity contribution is -0.127. The van der Waals surface area contributed by atoms with Gasteiger partial charge >= 0.3 is 6.03 Å². The minimum Gasteiger partial charge on any atom is -0.466 e. The second-order valence-corrected chi connectivity index (χ2v) is 6.34. The Morgan fingerprint density at radius 2 is 2.23 bits per heavy atom. The van der Waals surface area contributed by atoms with Crippen LogP contribution in [0.3, 0.4) is 0 Å². The average Bonchev–Trinajstić information content (AvgIpc) is 3.11. The van der Waals surface area contributed by atoms with Gasteiger partial charge in [-0.15, -0.1) is 0 Å². The molecule has 0 unspecified atom stereocenters. The first-order chi connectivity index (χ1) is 10.5. The van der Waals surface area contributed by atoms with E-state index in [0.717, 1.165) is 37.2 Å². The van der Waals surface area contributed by atoms with Crippen molar-refractivity contribution in [3.05, 3.63) is 23.7 Å². The van der Waals surface area contributed by atoms with Gasteiger partial charge in [0.2, 0.25) is 5.91 Å². The average molecular weight is 305 g/mol. The van der Waals surface area contributed by atoms with Crippen LogP contribution in [-0.2, 0) is 11.2 Å². The number of hydrogen-bond acceptors (Lipinski definition) is 3. The molecule has 3 rings (SSSR count). The molecule has 0 spiro atoms. The molecular formula is C16H23N3O3. The molecule has 1 saturated heterocycles. The third-order valence-electron chi connectivity index (χ3n) is 4.23. The van der Waals surface area contributed by atoms with Gasteiger partial charge in [-0.05, 0) is 45.2 Å². The standard InChI is InChI=1S/C16H23N3O3/c1-11(3-7-14-8-4-12(2)22-14)17-16(21)18-9-15(20)19(10-18)13-5-6-13/h4,8,11,13H,3,5-7,9-10H2,1-2H3,(H,17,21)/t11-/m0/s1. The Balaban J connectivity index is 1.44. The van der Waals surface area contributed by atoms with E-state index in [9.17, 15) is 9.59 Å². The van der Waals surface area contributed by atoms with Crippen LogP contribution < -0.4 is 5.32 Å². The zero-order chi connectivity index (χ0) is 15.7. The number of carbonyl (C=O) groups excluding carboxylic acids is 2. The first-order valence-corrected chi connectivity index (χ1v) is 7.93. The summed E-state index contributed by atoms with van der Waals surface area (Å²) in [4.78, 5) is 27.5. The Morgan fingerprint density at radius 3 is 2.86 bits per heavy atom. The lowest BCUT2D eigenvalue weighted by Crippen LogP contribution is -2.43. The van der Waals surface area contributed by atoms with Gasteiger partial charge in [0, 0.05) is 18.5 Å². The summed E-state index contributed by atoms with van der Waals surface area (Å²) in [7, 11) is 0. The molecule has 120 valence electrons. The molecule has 0 radical (unpaired) electrons. The van der Waals surface area contributed by atoms with Crippen molar-refractivity contribution >= 4 is 11.9 Å². The highest BCUT2D eigenvalue weighted by Crippen LogP contribution is 2.29. The second kappa shape index (κ2) is 6.02. The van der Waals surface area contributed by atoms with Crippen LogP contribution in [0.5, 0.6) is 0 Å². The molecule has 2 heterocycles. The van der Waals surface area contributed by atoms with Crippen LogP contribution in [0.15, 0.2) is 16.5 Å². The summed E-state index contributed by atoms with van der Waals surface area (Å²) >= 11 is 0. The number of furan rings is 1. The summed E-state index contributed by atoms with van der Waals surface area (Å²) in [5.74, 6) is 1.91. The predicted molar refractivity (Wildman–Crippen MR) is 81.2 cm³/mol. The topological polar surface area (TPSA) is 65.8 Å². The fourth-order valence-electron chi connectivity index (χ4n) is 2.76. The smallest absolute Gasteiger partial charge is 0.319 e. The molecule has 3 amide bonds. The van der Waals surface area contributed by atoms with Crippen LogP contribution in [0, 0.1) is 6.92 Å². The maximum absolute atomic E-state index is 12.2. The predicted octanol–water partition coefficient (Wildman–Crippen LogP) is 1.88. The van der Waals surface area contributed by atoms with Crippen molar-refractivity contribution in [1.82, 2.24) is 15.1 Å². The summed E-state index contributed by atoms with van der Waals surface area (Å²) in [6.07, 6.45) is 3.75. The van der Waals surface area contributed by atoms with Gasteiger partial charge in [0.1, 0.15) is 18.1 Å². The molecule has 1 aliphatic carbocycles. The van der Waals surface area contributed by atoms with Crippen LogP contribution in [-0.4, -0.2) is 47.0 Å². The van der Waals surface area contributed by atoms with Gasteiger partial charge in [-0.1, -0.05) is 0 Å². The van der Waals surface area contributed by atoms with Crippen molar-refractivity contribution in [3.63, 3.8) is 0 Å². The van der Waals surface area contributed by atoms with Crippen molar-refractivity contribution in [2.24, 2.45) is 0 Å². The van der Waals surface area contributed by atoms with Gasteiger partial charge in [-0.25, -0.2) is 4.79 Å². The Morgan fingerprint density at radius 1 is 1.45 bits per heavy atom. The van der Waals surface area contributed by atoms with Crippen molar-refractivity contribution in [3.8, 4) is 0 Å². The van der Waals surface area contributed by atoms with E-state index in [-0.39, 0.29) is 24.5 Å². The zero-order valence-corrected chi connectivity index (χ0v) is 13.2. The highest BCUT2D eigenvalue weighted by atomic mass is 16.3. The maximum Gasteiger partial charge on any atom is 0.319 e. The third kappa shape index (κ3) is 3.43. The zero-order valence-electron chi connectivity index (χ0n) is 13.2. The number of aryl methyl sites for hydroxylation is 2. The number of hydrogen-bond donors (Lipinski definition) is 1. The van der Waals surface area contributed by atoms with E-state index in [1.165, 1.54) is 0 Å². The lowest BCUT2D eigenvalue weighted by atomic mass is 10.1. The molecule has 1 atom stereocenters. The van der Waals surface area contributed by atoms with Crippen molar-refractivity contribution in [2.75, 3.05) is 13.2 Å². The summed E-state index contributed by atoms with van der Waals surface area (Å²) in [5.41, 5.74) is 0. The largest absolute Gasteiger partial charge is 0.466 e. The van der Waals surface area contributed by atoms with E-state index in [0.29, 0.717) is 12.7 Å². The van der Waals surface area contributed by atoms with Crippen molar-refractivity contribution in [1.29, 1.82) is 0 Å². The number of nitrogens with zero attached hydrogens (tertiary/aromatic N) is 2. The van der Waals surface area contributed by atoms with E-state index in [2.05, 4.69) is 5.32 Å². The van der Waals surface area contributed by atoms with Crippen LogP contribution >= 0.6 is 0 Å². The van der Waals surface area contributed by atoms with Gasteiger partial charge in [-0.3, -0.25) is 9.69 Å². The first kappa shape index (κ1) is 14.9. The highest BCUT2D eigenvalue weighted by Gasteiger charge is 2.39. The van der Waals surface area contributed by atoms with E-state index < -0.39 is 0 Å². The number of nitrogens with one attached hydrogen (secondary N) is 1. The lowest BCUT2D eigenvalue weighted by Gasteiger charge is -2.21. The minimum absolute atomic E-state index is 0.0444. The molecule has 1 N–H and O–H groups in total. The van der Waals surface area contributed by atoms with E-state index >= 15 is 0 Å². The highest BCUT2D eigenvalue weighted by molar-refractivity contribution is 5.87. The Hall–Kier alpha value is -1.98. The fraction of sp³-hybridized carbons (Fsp3) is 0.625. The maximum atomic E-state index is 12.2. The van der Waals surface area contributed by atoms with E-state index in [1.807, 2.05) is 30.9 Å². The SMILES string of the molecule is Cc1ccc(CC[C@H](C)NC(=O)N2CC(=O)N(C3CC3)C2)o1. The van der Waals surface area contributed by atoms with Gasteiger partial charge < -0.3 is 14.6 Å². The van der Waals surface area contributed by atoms with Gasteiger partial charge in [-0.2, -0.15) is 0 Å². The second-order valence-electron chi connectivity index (χ2n) is 6.34. The normalized spacial score (nSPS) is 19.6. The quantitative estimate of drug-likeness (QED) is 0.903. The first-order valence-electron chi connectivity index (χ1n) is 7.93. The number of rotatable bonds is 5. The van der Waals surface area contributed by atoms with Crippen molar-refractivity contribution < 1.29 is 14.0 Å². The number of urea groups is 1. The summed E-state index contributed by atoms with van der Waals surface area (Å²) in [5, 5.41) is 2.97.